The quantitative estimate of drug-likeness (QED) is 0.0413. The van der Waals surface area contributed by atoms with Gasteiger partial charge in [-0.25, -0.2) is 13.4 Å². The molecule has 0 saturated carbocycles. The molecule has 0 bridgehead atoms. The number of aliphatic hydroxyl groups is 1. The van der Waals surface area contributed by atoms with E-state index in [9.17, 15) is 32.7 Å². The average molecular weight is 952 g/mol. The van der Waals surface area contributed by atoms with Crippen LogP contribution in [0.15, 0.2) is 109 Å². The summed E-state index contributed by atoms with van der Waals surface area (Å²) < 4.78 is 31.4. The highest BCUT2D eigenvalue weighted by atomic mass is 32.2. The molecule has 4 amide bonds. The van der Waals surface area contributed by atoms with Crippen LogP contribution in [0.5, 0.6) is 0 Å². The maximum Gasteiger partial charge on any atom is 0.243 e. The van der Waals surface area contributed by atoms with Gasteiger partial charge in [-0.15, -0.1) is 0 Å². The van der Waals surface area contributed by atoms with Crippen LogP contribution in [0.4, 0.5) is 5.69 Å². The number of hydrogen-bond donors (Lipinski definition) is 7. The largest absolute Gasteiger partial charge is 0.391 e. The van der Waals surface area contributed by atoms with Gasteiger partial charge in [-0.05, 0) is 66.8 Å². The number of carbonyl (C=O) groups excluding carboxylic acids is 4. The van der Waals surface area contributed by atoms with Gasteiger partial charge in [0.15, 0.2) is 0 Å². The van der Waals surface area contributed by atoms with Crippen LogP contribution < -0.4 is 30.9 Å². The van der Waals surface area contributed by atoms with E-state index in [2.05, 4.69) is 40.9 Å². The Balaban J connectivity index is 1.38. The van der Waals surface area contributed by atoms with Gasteiger partial charge in [-0.3, -0.25) is 24.2 Å². The number of sulfonamides is 1. The van der Waals surface area contributed by atoms with Crippen molar-refractivity contribution in [3.63, 3.8) is 0 Å². The number of amides is 4. The lowest BCUT2D eigenvalue weighted by atomic mass is 9.85. The van der Waals surface area contributed by atoms with Gasteiger partial charge in [0.05, 0.1) is 35.6 Å². The summed E-state index contributed by atoms with van der Waals surface area (Å²) in [7, 11) is -0.595. The van der Waals surface area contributed by atoms with E-state index < -0.39 is 63.9 Å². The fraction of sp³-hybridized carbons (Fsp3) is 0.451. The maximum atomic E-state index is 14.5. The second-order valence-corrected chi connectivity index (χ2v) is 20.2. The van der Waals surface area contributed by atoms with Crippen molar-refractivity contribution in [2.75, 3.05) is 19.0 Å². The number of nitrogens with zero attached hydrogens (tertiary/aromatic N) is 3. The van der Waals surface area contributed by atoms with Gasteiger partial charge in [0, 0.05) is 61.0 Å². The third kappa shape index (κ3) is 14.7. The Morgan fingerprint density at radius 2 is 1.44 bits per heavy atom. The van der Waals surface area contributed by atoms with Gasteiger partial charge < -0.3 is 36.3 Å². The van der Waals surface area contributed by atoms with Gasteiger partial charge in [0.1, 0.15) is 18.1 Å². The monoisotopic (exact) mass is 952 g/mol. The molecule has 0 aliphatic rings. The van der Waals surface area contributed by atoms with Crippen LogP contribution in [-0.2, 0) is 48.6 Å². The number of nitrogens with one attached hydrogen (secondary N) is 6. The van der Waals surface area contributed by atoms with Crippen LogP contribution in [0, 0.1) is 23.7 Å². The predicted molar refractivity (Wildman–Crippen MR) is 265 cm³/mol. The molecule has 5 aromatic rings. The summed E-state index contributed by atoms with van der Waals surface area (Å²) in [5, 5.41) is 24.8. The van der Waals surface area contributed by atoms with E-state index in [0.29, 0.717) is 35.2 Å². The summed E-state index contributed by atoms with van der Waals surface area (Å²) in [6.07, 6.45) is 4.24. The molecule has 0 spiro atoms. The second kappa shape index (κ2) is 24.7. The van der Waals surface area contributed by atoms with Crippen LogP contribution >= 0.6 is 0 Å². The van der Waals surface area contributed by atoms with Crippen molar-refractivity contribution < 1.29 is 32.7 Å². The van der Waals surface area contributed by atoms with E-state index in [4.69, 9.17) is 0 Å². The van der Waals surface area contributed by atoms with Crippen LogP contribution in [0.1, 0.15) is 77.8 Å². The minimum Gasteiger partial charge on any atom is -0.391 e. The van der Waals surface area contributed by atoms with Crippen molar-refractivity contribution in [2.24, 2.45) is 23.7 Å². The first-order valence-corrected chi connectivity index (χ1v) is 24.9. The highest BCUT2D eigenvalue weighted by Gasteiger charge is 2.36. The Morgan fingerprint density at radius 1 is 0.750 bits per heavy atom. The van der Waals surface area contributed by atoms with Crippen molar-refractivity contribution >= 4 is 50.1 Å². The number of H-pyrrole nitrogens is 1. The van der Waals surface area contributed by atoms with E-state index in [1.165, 1.54) is 18.6 Å². The van der Waals surface area contributed by atoms with E-state index in [-0.39, 0.29) is 54.4 Å². The minimum atomic E-state index is -4.34. The lowest BCUT2D eigenvalue weighted by molar-refractivity contribution is -0.134. The fourth-order valence-electron chi connectivity index (χ4n) is 8.24. The van der Waals surface area contributed by atoms with Crippen molar-refractivity contribution in [3.05, 3.63) is 121 Å². The zero-order valence-electron chi connectivity index (χ0n) is 40.4. The van der Waals surface area contributed by atoms with Crippen molar-refractivity contribution in [2.45, 2.75) is 115 Å². The van der Waals surface area contributed by atoms with E-state index >= 15 is 0 Å². The number of fused-ring (bicyclic) bond motifs is 1. The summed E-state index contributed by atoms with van der Waals surface area (Å²) >= 11 is 0. The predicted octanol–water partition coefficient (Wildman–Crippen LogP) is 5.04. The molecule has 7 N–H and O–H groups in total. The molecule has 0 radical (unpaired) electrons. The SMILES string of the molecule is CC[C@@H](C)[C@H](NC(=O)[C@@H](C[C@H](O)[C@H](CC(C)C)NC(=O)[C@H](Cc1cnc[nH]1)NC(=O)[C@H](Cc1ccccc1)NS(=O)(=O)c1cccc2c(N(C)C)cccc12)C(C)C)C(=O)NCc1ccccn1. The first-order chi connectivity index (χ1) is 32.4. The molecular weight excluding hydrogens is 883 g/mol. The van der Waals surface area contributed by atoms with Crippen molar-refractivity contribution in [3.8, 4) is 0 Å². The fourth-order valence-corrected chi connectivity index (χ4v) is 9.65. The van der Waals surface area contributed by atoms with Crippen LogP contribution in [0.25, 0.3) is 10.8 Å². The summed E-state index contributed by atoms with van der Waals surface area (Å²) in [5.74, 6) is -3.32. The maximum absolute atomic E-state index is 14.5. The number of aliphatic hydroxyl groups excluding tert-OH is 1. The Labute approximate surface area is 400 Å². The van der Waals surface area contributed by atoms with Gasteiger partial charge in [-0.1, -0.05) is 109 Å². The molecule has 17 heteroatoms. The van der Waals surface area contributed by atoms with Gasteiger partial charge >= 0.3 is 0 Å². The second-order valence-electron chi connectivity index (χ2n) is 18.5. The third-order valence-corrected chi connectivity index (χ3v) is 13.8. The number of pyridine rings is 1. The molecule has 5 rings (SSSR count). The van der Waals surface area contributed by atoms with E-state index in [1.54, 1.807) is 60.8 Å². The van der Waals surface area contributed by atoms with Crippen LogP contribution in [0.2, 0.25) is 0 Å². The zero-order valence-corrected chi connectivity index (χ0v) is 41.2. The van der Waals surface area contributed by atoms with Crippen molar-refractivity contribution in [1.82, 2.24) is 40.9 Å². The lowest BCUT2D eigenvalue weighted by Gasteiger charge is -2.32. The highest BCUT2D eigenvalue weighted by Crippen LogP contribution is 2.30. The topological polar surface area (TPSA) is 228 Å². The Bertz CT molecular complexity index is 2520. The molecule has 3 aromatic carbocycles. The summed E-state index contributed by atoms with van der Waals surface area (Å²) in [4.78, 5) is 69.9. The molecule has 0 aliphatic carbocycles. The Morgan fingerprint density at radius 3 is 2.07 bits per heavy atom. The van der Waals surface area contributed by atoms with Gasteiger partial charge in [0.2, 0.25) is 33.7 Å². The smallest absolute Gasteiger partial charge is 0.243 e. The first-order valence-electron chi connectivity index (χ1n) is 23.4. The number of carbonyl (C=O) groups is 4. The number of benzene rings is 3. The molecule has 2 aromatic heterocycles. The molecule has 0 unspecified atom stereocenters. The Hall–Kier alpha value is -6.17. The first kappa shape index (κ1) is 52.8. The molecule has 16 nitrogen and oxygen atoms in total. The van der Waals surface area contributed by atoms with Crippen molar-refractivity contribution in [1.29, 1.82) is 0 Å². The zero-order chi connectivity index (χ0) is 49.5. The molecule has 366 valence electrons. The number of rotatable bonds is 25. The molecule has 0 saturated heterocycles. The number of imidazole rings is 1. The summed E-state index contributed by atoms with van der Waals surface area (Å²) in [5.41, 5.74) is 2.70. The molecule has 7 atom stereocenters. The lowest BCUT2D eigenvalue weighted by Crippen LogP contribution is -2.57. The molecule has 2 heterocycles. The normalized spacial score (nSPS) is 14.9. The highest BCUT2D eigenvalue weighted by molar-refractivity contribution is 7.89. The summed E-state index contributed by atoms with van der Waals surface area (Å²) in [6.45, 7) is 11.6. The van der Waals surface area contributed by atoms with E-state index in [1.807, 2.05) is 84.8 Å². The number of anilines is 1. The van der Waals surface area contributed by atoms with Gasteiger partial charge in [0.25, 0.3) is 0 Å². The van der Waals surface area contributed by atoms with Gasteiger partial charge in [-0.2, -0.15) is 4.72 Å². The Kier molecular flexibility index (Phi) is 19.2. The number of aromatic amines is 1. The van der Waals surface area contributed by atoms with E-state index in [0.717, 1.165) is 11.1 Å². The minimum absolute atomic E-state index is 0.00511. The number of hydrogen-bond acceptors (Lipinski definition) is 10. The average Bonchev–Trinajstić information content (AvgIpc) is 3.83. The standard InChI is InChI=1S/C51H69N9O7S/c1-9-34(6)47(51(65)54-30-36-19-13-14-24-53-36)58-48(62)40(33(4)5)28-45(61)41(25-32(2)3)56-49(63)42(27-37-29-52-31-55-37)57-50(64)43(26-35-17-11-10-12-18-35)59-68(66,67)46-23-16-20-38-39(46)21-15-22-44(38)60(7)8/h10-24,29,31-34,40-43,45,47,59,61H,9,25-28,30H2,1-8H3,(H,52,55)(H,54,65)(H,56,63)(H,57,64)(H,58,62)/t34-,40+,41+,42+,43+,45+,47+/m1/s1. The number of aromatic nitrogens is 3. The molecular formula is C51H69N9O7S. The molecule has 0 aliphatic heterocycles. The summed E-state index contributed by atoms with van der Waals surface area (Å²) in [6, 6.07) is 20.5. The third-order valence-electron chi connectivity index (χ3n) is 12.3. The van der Waals surface area contributed by atoms with Crippen LogP contribution in [-0.4, -0.2) is 96.5 Å². The van der Waals surface area contributed by atoms with Crippen LogP contribution in [0.3, 0.4) is 0 Å². The molecule has 68 heavy (non-hydrogen) atoms. The molecule has 0 fully saturated rings.